The minimum atomic E-state index is -2.74. The Balaban J connectivity index is 3.39. The minimum absolute atomic E-state index is 0.0113. The van der Waals surface area contributed by atoms with Crippen LogP contribution < -0.4 is 10.3 Å². The van der Waals surface area contributed by atoms with E-state index in [0.717, 1.165) is 6.07 Å². The third kappa shape index (κ3) is 2.04. The summed E-state index contributed by atoms with van der Waals surface area (Å²) in [4.78, 5) is 13.2. The van der Waals surface area contributed by atoms with Gasteiger partial charge in [-0.05, 0) is 0 Å². The van der Waals surface area contributed by atoms with Gasteiger partial charge >= 0.3 is 0 Å². The van der Waals surface area contributed by atoms with Gasteiger partial charge in [-0.3, -0.25) is 9.78 Å². The fraction of sp³-hybridized carbons (Fsp3) is 0.375. The molecule has 78 valence electrons. The molecule has 1 rings (SSSR count). The molecule has 1 heterocycles. The molecule has 0 amide bonds. The van der Waals surface area contributed by atoms with Crippen LogP contribution in [-0.2, 0) is 5.88 Å². The quantitative estimate of drug-likeness (QED) is 0.797. The Labute approximate surface area is 83.7 Å². The van der Waals surface area contributed by atoms with Crippen LogP contribution in [0.5, 0.6) is 5.88 Å². The fourth-order valence-corrected chi connectivity index (χ4v) is 1.37. The number of hydrogen-bond acceptors (Lipinski definition) is 2. The van der Waals surface area contributed by atoms with Gasteiger partial charge in [0.1, 0.15) is 0 Å². The van der Waals surface area contributed by atoms with Gasteiger partial charge in [-0.25, -0.2) is 8.78 Å². The second-order valence-corrected chi connectivity index (χ2v) is 2.80. The van der Waals surface area contributed by atoms with Gasteiger partial charge in [-0.1, -0.05) is 0 Å². The first-order valence-corrected chi connectivity index (χ1v) is 4.27. The van der Waals surface area contributed by atoms with E-state index in [-0.39, 0.29) is 22.9 Å². The number of hydrogen-bond donors (Lipinski definition) is 1. The van der Waals surface area contributed by atoms with Crippen molar-refractivity contribution in [1.29, 1.82) is 0 Å². The summed E-state index contributed by atoms with van der Waals surface area (Å²) >= 11 is 5.48. The first kappa shape index (κ1) is 11.0. The van der Waals surface area contributed by atoms with Crippen LogP contribution in [0.15, 0.2) is 10.9 Å². The molecule has 6 heteroatoms. The van der Waals surface area contributed by atoms with Crippen molar-refractivity contribution in [2.45, 2.75) is 12.3 Å². The highest BCUT2D eigenvalue weighted by Gasteiger charge is 2.17. The number of aromatic amines is 1. The van der Waals surface area contributed by atoms with Crippen molar-refractivity contribution in [3.63, 3.8) is 0 Å². The lowest BCUT2D eigenvalue weighted by Crippen LogP contribution is -2.11. The second-order valence-electron chi connectivity index (χ2n) is 2.54. The SMILES string of the molecule is COc1[nH]c(=O)cc(C(F)F)c1CCl. The number of alkyl halides is 3. The van der Waals surface area contributed by atoms with Crippen LogP contribution in [0.3, 0.4) is 0 Å². The highest BCUT2D eigenvalue weighted by molar-refractivity contribution is 6.17. The van der Waals surface area contributed by atoms with E-state index in [1.54, 1.807) is 0 Å². The largest absolute Gasteiger partial charge is 0.482 e. The molecular weight excluding hydrogens is 216 g/mol. The van der Waals surface area contributed by atoms with Gasteiger partial charge in [-0.15, -0.1) is 11.6 Å². The van der Waals surface area contributed by atoms with E-state index in [2.05, 4.69) is 4.98 Å². The molecule has 0 aliphatic carbocycles. The van der Waals surface area contributed by atoms with Crippen molar-refractivity contribution in [2.24, 2.45) is 0 Å². The Bertz CT molecular complexity index is 378. The number of H-pyrrole nitrogens is 1. The van der Waals surface area contributed by atoms with E-state index in [0.29, 0.717) is 0 Å². The number of ether oxygens (including phenoxy) is 1. The summed E-state index contributed by atoms with van der Waals surface area (Å²) < 4.78 is 29.6. The third-order valence-corrected chi connectivity index (χ3v) is 1.99. The zero-order valence-electron chi connectivity index (χ0n) is 7.31. The Morgan fingerprint density at radius 1 is 1.64 bits per heavy atom. The van der Waals surface area contributed by atoms with Crippen molar-refractivity contribution in [2.75, 3.05) is 7.11 Å². The number of aromatic nitrogens is 1. The number of nitrogens with one attached hydrogen (secondary N) is 1. The second kappa shape index (κ2) is 4.41. The third-order valence-electron chi connectivity index (χ3n) is 1.72. The van der Waals surface area contributed by atoms with Crippen LogP contribution in [0.25, 0.3) is 0 Å². The summed E-state index contributed by atoms with van der Waals surface area (Å²) in [6.07, 6.45) is -2.74. The molecule has 0 fully saturated rings. The molecule has 0 radical (unpaired) electrons. The zero-order chi connectivity index (χ0) is 10.7. The summed E-state index contributed by atoms with van der Waals surface area (Å²) in [7, 11) is 1.27. The first-order valence-electron chi connectivity index (χ1n) is 3.74. The predicted molar refractivity (Wildman–Crippen MR) is 48.1 cm³/mol. The van der Waals surface area contributed by atoms with Crippen LogP contribution in [0.2, 0.25) is 0 Å². The van der Waals surface area contributed by atoms with Crippen molar-refractivity contribution in [3.8, 4) is 5.88 Å². The summed E-state index contributed by atoms with van der Waals surface area (Å²) in [5, 5.41) is 0. The maximum atomic E-state index is 12.4. The van der Waals surface area contributed by atoms with Crippen molar-refractivity contribution in [3.05, 3.63) is 27.5 Å². The Hall–Kier alpha value is -1.10. The van der Waals surface area contributed by atoms with Crippen LogP contribution in [0.4, 0.5) is 8.78 Å². The molecule has 0 saturated heterocycles. The summed E-state index contributed by atoms with van der Waals surface area (Å²) in [5.74, 6) is -0.151. The minimum Gasteiger partial charge on any atom is -0.482 e. The molecule has 0 saturated carbocycles. The van der Waals surface area contributed by atoms with E-state index in [9.17, 15) is 13.6 Å². The van der Waals surface area contributed by atoms with Gasteiger partial charge in [0.2, 0.25) is 0 Å². The average molecular weight is 224 g/mol. The van der Waals surface area contributed by atoms with E-state index in [1.165, 1.54) is 7.11 Å². The molecule has 1 N–H and O–H groups in total. The predicted octanol–water partition coefficient (Wildman–Crippen LogP) is 2.06. The fourth-order valence-electron chi connectivity index (χ4n) is 1.09. The van der Waals surface area contributed by atoms with Crippen molar-refractivity contribution >= 4 is 11.6 Å². The van der Waals surface area contributed by atoms with Gasteiger partial charge in [0, 0.05) is 17.2 Å². The topological polar surface area (TPSA) is 42.1 Å². The van der Waals surface area contributed by atoms with Crippen LogP contribution in [0, 0.1) is 0 Å². The monoisotopic (exact) mass is 223 g/mol. The van der Waals surface area contributed by atoms with Crippen LogP contribution in [-0.4, -0.2) is 12.1 Å². The number of methoxy groups -OCH3 is 1. The Kier molecular flexibility index (Phi) is 3.46. The van der Waals surface area contributed by atoms with Crippen molar-refractivity contribution in [1.82, 2.24) is 4.98 Å². The standard InChI is InChI=1S/C8H8ClF2NO2/c1-14-8-5(3-9)4(7(10)11)2-6(13)12-8/h2,7H,3H2,1H3,(H,12,13). The molecule has 0 spiro atoms. The first-order chi connectivity index (χ1) is 6.60. The Morgan fingerprint density at radius 2 is 2.29 bits per heavy atom. The molecule has 0 unspecified atom stereocenters. The van der Waals surface area contributed by atoms with Gasteiger partial charge in [0.25, 0.3) is 12.0 Å². The zero-order valence-corrected chi connectivity index (χ0v) is 8.07. The highest BCUT2D eigenvalue weighted by Crippen LogP contribution is 2.27. The molecule has 3 nitrogen and oxygen atoms in total. The molecule has 0 aliphatic heterocycles. The molecule has 0 bridgehead atoms. The molecule has 1 aromatic rings. The van der Waals surface area contributed by atoms with Gasteiger partial charge in [0.15, 0.2) is 5.88 Å². The smallest absolute Gasteiger partial charge is 0.264 e. The molecule has 14 heavy (non-hydrogen) atoms. The number of halogens is 3. The highest BCUT2D eigenvalue weighted by atomic mass is 35.5. The lowest BCUT2D eigenvalue weighted by molar-refractivity contribution is 0.149. The molecule has 1 aromatic heterocycles. The van der Waals surface area contributed by atoms with Crippen molar-refractivity contribution < 1.29 is 13.5 Å². The van der Waals surface area contributed by atoms with E-state index >= 15 is 0 Å². The Morgan fingerprint density at radius 3 is 2.71 bits per heavy atom. The normalized spacial score (nSPS) is 10.6. The summed E-state index contributed by atoms with van der Waals surface area (Å²) in [6.45, 7) is 0. The van der Waals surface area contributed by atoms with E-state index in [1.807, 2.05) is 0 Å². The van der Waals surface area contributed by atoms with Gasteiger partial charge in [0.05, 0.1) is 13.0 Å². The van der Waals surface area contributed by atoms with Gasteiger partial charge < -0.3 is 4.74 Å². The average Bonchev–Trinajstić information content (AvgIpc) is 2.16. The molecular formula is C8H8ClF2NO2. The lowest BCUT2D eigenvalue weighted by Gasteiger charge is -2.09. The van der Waals surface area contributed by atoms with Crippen LogP contribution >= 0.6 is 11.6 Å². The van der Waals surface area contributed by atoms with Gasteiger partial charge in [-0.2, -0.15) is 0 Å². The van der Waals surface area contributed by atoms with E-state index < -0.39 is 12.0 Å². The molecule has 0 atom stereocenters. The van der Waals surface area contributed by atoms with Crippen LogP contribution in [0.1, 0.15) is 17.6 Å². The number of pyridine rings is 1. The maximum Gasteiger partial charge on any atom is 0.264 e. The van der Waals surface area contributed by atoms with E-state index in [4.69, 9.17) is 16.3 Å². The maximum absolute atomic E-state index is 12.4. The number of rotatable bonds is 3. The summed E-state index contributed by atoms with van der Waals surface area (Å²) in [5.41, 5.74) is -0.907. The molecule has 0 aromatic carbocycles. The molecule has 0 aliphatic rings. The lowest BCUT2D eigenvalue weighted by atomic mass is 10.1. The summed E-state index contributed by atoms with van der Waals surface area (Å²) in [6, 6.07) is 0.824.